The second kappa shape index (κ2) is 5.43. The van der Waals surface area contributed by atoms with E-state index >= 15 is 0 Å². The van der Waals surface area contributed by atoms with Crippen LogP contribution in [0.5, 0.6) is 0 Å². The van der Waals surface area contributed by atoms with Gasteiger partial charge in [0.1, 0.15) is 0 Å². The first kappa shape index (κ1) is 14.8. The van der Waals surface area contributed by atoms with Gasteiger partial charge in [0.25, 0.3) is 0 Å². The SMILES string of the molecule is CC1(C)CCCC(C)(C)N1OC(=O)C1CCCCC1. The van der Waals surface area contributed by atoms with Crippen LogP contribution in [-0.4, -0.2) is 22.1 Å². The number of hydrogen-bond acceptors (Lipinski definition) is 3. The van der Waals surface area contributed by atoms with E-state index in [0.29, 0.717) is 0 Å². The number of rotatable bonds is 2. The van der Waals surface area contributed by atoms with Gasteiger partial charge in [-0.2, -0.15) is 0 Å². The van der Waals surface area contributed by atoms with E-state index < -0.39 is 0 Å². The lowest BCUT2D eigenvalue weighted by molar-refractivity contribution is -0.269. The molecule has 1 saturated heterocycles. The molecule has 110 valence electrons. The fourth-order valence-electron chi connectivity index (χ4n) is 3.73. The van der Waals surface area contributed by atoms with E-state index in [4.69, 9.17) is 4.84 Å². The molecule has 0 radical (unpaired) electrons. The van der Waals surface area contributed by atoms with E-state index in [9.17, 15) is 4.79 Å². The van der Waals surface area contributed by atoms with E-state index in [1.807, 2.05) is 5.06 Å². The monoisotopic (exact) mass is 267 g/mol. The van der Waals surface area contributed by atoms with Gasteiger partial charge < -0.3 is 4.84 Å². The summed E-state index contributed by atoms with van der Waals surface area (Å²) in [4.78, 5) is 18.2. The van der Waals surface area contributed by atoms with Gasteiger partial charge in [0.15, 0.2) is 0 Å². The number of hydrogen-bond donors (Lipinski definition) is 0. The lowest BCUT2D eigenvalue weighted by Crippen LogP contribution is -2.59. The van der Waals surface area contributed by atoms with Gasteiger partial charge in [-0.1, -0.05) is 19.3 Å². The summed E-state index contributed by atoms with van der Waals surface area (Å²) in [7, 11) is 0. The van der Waals surface area contributed by atoms with Crippen molar-refractivity contribution in [2.75, 3.05) is 0 Å². The van der Waals surface area contributed by atoms with Crippen molar-refractivity contribution >= 4 is 5.97 Å². The quantitative estimate of drug-likeness (QED) is 0.755. The second-order valence-electron chi connectivity index (χ2n) is 7.52. The van der Waals surface area contributed by atoms with Crippen molar-refractivity contribution < 1.29 is 9.63 Å². The predicted octanol–water partition coefficient (Wildman–Crippen LogP) is 4.07. The Balaban J connectivity index is 2.04. The molecule has 0 amide bonds. The van der Waals surface area contributed by atoms with E-state index in [2.05, 4.69) is 27.7 Å². The number of carbonyl (C=O) groups excluding carboxylic acids is 1. The van der Waals surface area contributed by atoms with Gasteiger partial charge in [-0.15, -0.1) is 5.06 Å². The first-order chi connectivity index (χ1) is 8.83. The first-order valence-corrected chi connectivity index (χ1v) is 7.85. The van der Waals surface area contributed by atoms with Crippen molar-refractivity contribution in [1.29, 1.82) is 0 Å². The van der Waals surface area contributed by atoms with Crippen LogP contribution in [0.1, 0.15) is 79.1 Å². The van der Waals surface area contributed by atoms with Gasteiger partial charge >= 0.3 is 5.97 Å². The standard InChI is InChI=1S/C16H29NO2/c1-15(2)11-8-12-16(3,4)17(15)19-14(18)13-9-6-5-7-10-13/h13H,5-12H2,1-4H3. The van der Waals surface area contributed by atoms with Crippen LogP contribution in [0.25, 0.3) is 0 Å². The normalized spacial score (nSPS) is 28.0. The summed E-state index contributed by atoms with van der Waals surface area (Å²) >= 11 is 0. The van der Waals surface area contributed by atoms with Gasteiger partial charge in [0, 0.05) is 0 Å². The minimum absolute atomic E-state index is 0.00255. The molecule has 0 N–H and O–H groups in total. The summed E-state index contributed by atoms with van der Waals surface area (Å²) in [6.45, 7) is 8.73. The van der Waals surface area contributed by atoms with E-state index in [1.54, 1.807) is 0 Å². The minimum Gasteiger partial charge on any atom is -0.367 e. The Morgan fingerprint density at radius 2 is 1.47 bits per heavy atom. The van der Waals surface area contributed by atoms with E-state index in [-0.39, 0.29) is 23.0 Å². The highest BCUT2D eigenvalue weighted by molar-refractivity contribution is 5.72. The molecule has 0 aromatic heterocycles. The number of nitrogens with zero attached hydrogens (tertiary/aromatic N) is 1. The Kier molecular flexibility index (Phi) is 4.24. The van der Waals surface area contributed by atoms with Crippen molar-refractivity contribution in [2.24, 2.45) is 5.92 Å². The number of piperidine rings is 1. The molecule has 19 heavy (non-hydrogen) atoms. The summed E-state index contributed by atoms with van der Waals surface area (Å²) in [5, 5.41) is 1.99. The third kappa shape index (κ3) is 3.31. The maximum atomic E-state index is 12.4. The third-order valence-electron chi connectivity index (χ3n) is 4.80. The number of carbonyl (C=O) groups is 1. The van der Waals surface area contributed by atoms with Crippen LogP contribution in [0.3, 0.4) is 0 Å². The zero-order valence-corrected chi connectivity index (χ0v) is 13.0. The van der Waals surface area contributed by atoms with Crippen molar-refractivity contribution in [3.63, 3.8) is 0 Å². The second-order valence-corrected chi connectivity index (χ2v) is 7.52. The first-order valence-electron chi connectivity index (χ1n) is 7.85. The molecule has 0 unspecified atom stereocenters. The summed E-state index contributed by atoms with van der Waals surface area (Å²) in [5.74, 6) is 0.130. The zero-order chi connectivity index (χ0) is 14.1. The highest BCUT2D eigenvalue weighted by Gasteiger charge is 2.45. The van der Waals surface area contributed by atoms with Gasteiger partial charge in [0.2, 0.25) is 0 Å². The van der Waals surface area contributed by atoms with Crippen LogP contribution in [0, 0.1) is 5.92 Å². The molecule has 2 aliphatic rings. The molecular weight excluding hydrogens is 238 g/mol. The maximum Gasteiger partial charge on any atom is 0.328 e. The molecule has 1 heterocycles. The molecule has 1 aliphatic heterocycles. The Hall–Kier alpha value is -0.570. The van der Waals surface area contributed by atoms with Gasteiger partial charge in [-0.3, -0.25) is 4.79 Å². The topological polar surface area (TPSA) is 29.5 Å². The molecule has 3 heteroatoms. The largest absolute Gasteiger partial charge is 0.367 e. The molecule has 2 fully saturated rings. The molecule has 0 aromatic carbocycles. The molecule has 2 rings (SSSR count). The highest BCUT2D eigenvalue weighted by Crippen LogP contribution is 2.39. The van der Waals surface area contributed by atoms with Gasteiger partial charge in [0.05, 0.1) is 17.0 Å². The molecule has 0 bridgehead atoms. The van der Waals surface area contributed by atoms with Crippen molar-refractivity contribution in [1.82, 2.24) is 5.06 Å². The fourth-order valence-corrected chi connectivity index (χ4v) is 3.73. The predicted molar refractivity (Wildman–Crippen MR) is 76.5 cm³/mol. The molecule has 0 atom stereocenters. The summed E-state index contributed by atoms with van der Waals surface area (Å²) < 4.78 is 0. The lowest BCUT2D eigenvalue weighted by Gasteiger charge is -2.50. The summed E-state index contributed by atoms with van der Waals surface area (Å²) in [6, 6.07) is 0. The molecule has 3 nitrogen and oxygen atoms in total. The molecule has 0 spiro atoms. The smallest absolute Gasteiger partial charge is 0.328 e. The lowest BCUT2D eigenvalue weighted by atomic mass is 9.82. The van der Waals surface area contributed by atoms with Gasteiger partial charge in [-0.25, -0.2) is 0 Å². The molecular formula is C16H29NO2. The van der Waals surface area contributed by atoms with Crippen LogP contribution in [-0.2, 0) is 9.63 Å². The Morgan fingerprint density at radius 1 is 0.947 bits per heavy atom. The maximum absolute atomic E-state index is 12.4. The van der Waals surface area contributed by atoms with Crippen LogP contribution in [0.15, 0.2) is 0 Å². The van der Waals surface area contributed by atoms with Crippen molar-refractivity contribution in [3.05, 3.63) is 0 Å². The van der Waals surface area contributed by atoms with E-state index in [0.717, 1.165) is 25.7 Å². The Morgan fingerprint density at radius 3 is 2.00 bits per heavy atom. The average molecular weight is 267 g/mol. The minimum atomic E-state index is -0.0495. The van der Waals surface area contributed by atoms with Crippen molar-refractivity contribution in [2.45, 2.75) is 90.1 Å². The van der Waals surface area contributed by atoms with Gasteiger partial charge in [-0.05, 0) is 59.8 Å². The molecule has 0 aromatic rings. The average Bonchev–Trinajstić information content (AvgIpc) is 2.34. The van der Waals surface area contributed by atoms with Crippen LogP contribution >= 0.6 is 0 Å². The Bertz CT molecular complexity index is 314. The zero-order valence-electron chi connectivity index (χ0n) is 13.0. The Labute approximate surface area is 117 Å². The summed E-state index contributed by atoms with van der Waals surface area (Å²) in [5.41, 5.74) is -0.0991. The van der Waals surface area contributed by atoms with Crippen LogP contribution < -0.4 is 0 Å². The number of hydroxylamine groups is 2. The summed E-state index contributed by atoms with van der Waals surface area (Å²) in [6.07, 6.45) is 9.02. The van der Waals surface area contributed by atoms with Crippen LogP contribution in [0.4, 0.5) is 0 Å². The third-order valence-corrected chi connectivity index (χ3v) is 4.80. The fraction of sp³-hybridized carbons (Fsp3) is 0.938. The van der Waals surface area contributed by atoms with Crippen LogP contribution in [0.2, 0.25) is 0 Å². The molecule has 1 aliphatic carbocycles. The van der Waals surface area contributed by atoms with E-state index in [1.165, 1.54) is 25.7 Å². The van der Waals surface area contributed by atoms with Crippen molar-refractivity contribution in [3.8, 4) is 0 Å². The highest BCUT2D eigenvalue weighted by atomic mass is 16.7. The molecule has 1 saturated carbocycles.